The lowest BCUT2D eigenvalue weighted by atomic mass is 9.86. The predicted molar refractivity (Wildman–Crippen MR) is 92.3 cm³/mol. The molecule has 24 heavy (non-hydrogen) atoms. The van der Waals surface area contributed by atoms with E-state index in [4.69, 9.17) is 0 Å². The fourth-order valence-corrected chi connectivity index (χ4v) is 4.46. The quantitative estimate of drug-likeness (QED) is 0.802. The minimum atomic E-state index is -0.335. The molecular weight excluding hydrogens is 300 g/mol. The molecule has 1 aromatic carbocycles. The van der Waals surface area contributed by atoms with Crippen molar-refractivity contribution in [3.63, 3.8) is 0 Å². The molecule has 4 rings (SSSR count). The monoisotopic (exact) mass is 324 g/mol. The SMILES string of the molecule is CC[C@H](C(=O)N1C[C@H]2CC=CC[C@H]2C1)N1Cc2ccccc2C1=O. The molecule has 3 atom stereocenters. The van der Waals surface area contributed by atoms with Gasteiger partial charge in [0.2, 0.25) is 5.91 Å². The van der Waals surface area contributed by atoms with Crippen molar-refractivity contribution >= 4 is 11.8 Å². The number of carbonyl (C=O) groups is 2. The molecule has 4 nitrogen and oxygen atoms in total. The number of allylic oxidation sites excluding steroid dienone is 2. The van der Waals surface area contributed by atoms with Gasteiger partial charge < -0.3 is 9.80 Å². The summed E-state index contributed by atoms with van der Waals surface area (Å²) < 4.78 is 0. The van der Waals surface area contributed by atoms with Crippen molar-refractivity contribution in [3.05, 3.63) is 47.5 Å². The third-order valence-electron chi connectivity index (χ3n) is 5.83. The first-order chi connectivity index (χ1) is 11.7. The number of likely N-dealkylation sites (tertiary alicyclic amines) is 1. The summed E-state index contributed by atoms with van der Waals surface area (Å²) >= 11 is 0. The second-order valence-corrected chi connectivity index (χ2v) is 7.22. The lowest BCUT2D eigenvalue weighted by molar-refractivity contribution is -0.135. The molecule has 1 saturated heterocycles. The number of carbonyl (C=O) groups excluding carboxylic acids is 2. The van der Waals surface area contributed by atoms with Crippen molar-refractivity contribution in [2.75, 3.05) is 13.1 Å². The largest absolute Gasteiger partial charge is 0.340 e. The van der Waals surface area contributed by atoms with E-state index >= 15 is 0 Å². The summed E-state index contributed by atoms with van der Waals surface area (Å²) in [5, 5.41) is 0. The van der Waals surface area contributed by atoms with Gasteiger partial charge in [0.05, 0.1) is 0 Å². The van der Waals surface area contributed by atoms with Crippen LogP contribution in [0.2, 0.25) is 0 Å². The first-order valence-corrected chi connectivity index (χ1v) is 9.01. The van der Waals surface area contributed by atoms with Crippen molar-refractivity contribution in [1.29, 1.82) is 0 Å². The summed E-state index contributed by atoms with van der Waals surface area (Å²) in [6.07, 6.45) is 7.32. The molecule has 0 N–H and O–H groups in total. The zero-order valence-corrected chi connectivity index (χ0v) is 14.1. The van der Waals surface area contributed by atoms with Crippen LogP contribution in [0.15, 0.2) is 36.4 Å². The third-order valence-corrected chi connectivity index (χ3v) is 5.83. The maximum Gasteiger partial charge on any atom is 0.255 e. The molecule has 0 bridgehead atoms. The highest BCUT2D eigenvalue weighted by Gasteiger charge is 2.41. The van der Waals surface area contributed by atoms with Gasteiger partial charge in [0.1, 0.15) is 6.04 Å². The number of nitrogens with zero attached hydrogens (tertiary/aromatic N) is 2. The molecule has 1 fully saturated rings. The van der Waals surface area contributed by atoms with E-state index < -0.39 is 0 Å². The zero-order chi connectivity index (χ0) is 16.7. The molecule has 1 aromatic rings. The van der Waals surface area contributed by atoms with Crippen molar-refractivity contribution in [2.45, 2.75) is 38.8 Å². The third kappa shape index (κ3) is 2.45. The lowest BCUT2D eigenvalue weighted by Gasteiger charge is -2.30. The lowest BCUT2D eigenvalue weighted by Crippen LogP contribution is -2.48. The van der Waals surface area contributed by atoms with Gasteiger partial charge in [0, 0.05) is 25.2 Å². The van der Waals surface area contributed by atoms with Gasteiger partial charge in [-0.3, -0.25) is 9.59 Å². The smallest absolute Gasteiger partial charge is 0.255 e. The van der Waals surface area contributed by atoms with Crippen molar-refractivity contribution in [1.82, 2.24) is 9.80 Å². The van der Waals surface area contributed by atoms with Crippen LogP contribution < -0.4 is 0 Å². The van der Waals surface area contributed by atoms with Gasteiger partial charge >= 0.3 is 0 Å². The Morgan fingerprint density at radius 2 is 1.83 bits per heavy atom. The van der Waals surface area contributed by atoms with E-state index in [2.05, 4.69) is 12.2 Å². The highest BCUT2D eigenvalue weighted by Crippen LogP contribution is 2.34. The summed E-state index contributed by atoms with van der Waals surface area (Å²) in [4.78, 5) is 29.6. The number of fused-ring (bicyclic) bond motifs is 2. The van der Waals surface area contributed by atoms with E-state index in [9.17, 15) is 9.59 Å². The van der Waals surface area contributed by atoms with E-state index in [1.165, 1.54) is 0 Å². The average molecular weight is 324 g/mol. The zero-order valence-electron chi connectivity index (χ0n) is 14.1. The summed E-state index contributed by atoms with van der Waals surface area (Å²) in [7, 11) is 0. The van der Waals surface area contributed by atoms with Crippen LogP contribution in [0, 0.1) is 11.8 Å². The molecule has 0 radical (unpaired) electrons. The fourth-order valence-electron chi connectivity index (χ4n) is 4.46. The maximum atomic E-state index is 13.1. The fraction of sp³-hybridized carbons (Fsp3) is 0.500. The molecule has 126 valence electrons. The first-order valence-electron chi connectivity index (χ1n) is 9.01. The Hall–Kier alpha value is -2.10. The molecule has 2 heterocycles. The summed E-state index contributed by atoms with van der Waals surface area (Å²) in [6, 6.07) is 7.36. The molecule has 0 aromatic heterocycles. The van der Waals surface area contributed by atoms with E-state index in [-0.39, 0.29) is 17.9 Å². The van der Waals surface area contributed by atoms with Crippen molar-refractivity contribution < 1.29 is 9.59 Å². The minimum Gasteiger partial charge on any atom is -0.340 e. The Morgan fingerprint density at radius 3 is 2.46 bits per heavy atom. The van der Waals surface area contributed by atoms with E-state index in [1.807, 2.05) is 36.1 Å². The van der Waals surface area contributed by atoms with Gasteiger partial charge in [0.25, 0.3) is 5.91 Å². The van der Waals surface area contributed by atoms with Crippen molar-refractivity contribution in [3.8, 4) is 0 Å². The molecule has 4 heteroatoms. The van der Waals surface area contributed by atoms with Gasteiger partial charge in [0.15, 0.2) is 0 Å². The van der Waals surface area contributed by atoms with Crippen LogP contribution in [0.1, 0.15) is 42.1 Å². The van der Waals surface area contributed by atoms with Gasteiger partial charge in [-0.05, 0) is 42.7 Å². The topological polar surface area (TPSA) is 40.6 Å². The second kappa shape index (κ2) is 6.08. The summed E-state index contributed by atoms with van der Waals surface area (Å²) in [5.41, 5.74) is 1.79. The molecule has 0 saturated carbocycles. The van der Waals surface area contributed by atoms with Crippen LogP contribution >= 0.6 is 0 Å². The van der Waals surface area contributed by atoms with Crippen LogP contribution in [0.3, 0.4) is 0 Å². The molecule has 2 aliphatic heterocycles. The number of benzene rings is 1. The Balaban J connectivity index is 1.50. The summed E-state index contributed by atoms with van der Waals surface area (Å²) in [5.74, 6) is 1.34. The number of rotatable bonds is 3. The van der Waals surface area contributed by atoms with E-state index in [0.29, 0.717) is 24.8 Å². The minimum absolute atomic E-state index is 0.00378. The predicted octanol–water partition coefficient (Wildman–Crippen LogP) is 2.85. The van der Waals surface area contributed by atoms with Gasteiger partial charge in [-0.1, -0.05) is 37.3 Å². The normalized spacial score (nSPS) is 26.5. The van der Waals surface area contributed by atoms with Crippen LogP contribution in [-0.2, 0) is 11.3 Å². The average Bonchev–Trinajstić information content (AvgIpc) is 3.18. The van der Waals surface area contributed by atoms with Crippen LogP contribution in [0.25, 0.3) is 0 Å². The Kier molecular flexibility index (Phi) is 3.91. The first kappa shape index (κ1) is 15.4. The van der Waals surface area contributed by atoms with Crippen LogP contribution in [0.4, 0.5) is 0 Å². The molecular formula is C20H24N2O2. The number of hydrogen-bond donors (Lipinski definition) is 0. The maximum absolute atomic E-state index is 13.1. The molecule has 3 aliphatic rings. The van der Waals surface area contributed by atoms with E-state index in [0.717, 1.165) is 37.1 Å². The van der Waals surface area contributed by atoms with Gasteiger partial charge in [-0.25, -0.2) is 0 Å². The standard InChI is InChI=1S/C20H24N2O2/c1-2-18(22-13-16-9-5-6-10-17(16)19(22)23)20(24)21-11-14-7-3-4-8-15(14)12-21/h3-6,9-10,14-15,18H,2,7-8,11-13H2,1H3/t14-,15+,18-/m1/s1. The Morgan fingerprint density at radius 1 is 1.17 bits per heavy atom. The van der Waals surface area contributed by atoms with Crippen LogP contribution in [-0.4, -0.2) is 40.7 Å². The molecule has 0 unspecified atom stereocenters. The van der Waals surface area contributed by atoms with Crippen LogP contribution in [0.5, 0.6) is 0 Å². The highest BCUT2D eigenvalue weighted by atomic mass is 16.2. The Bertz CT molecular complexity index is 681. The molecule has 1 aliphatic carbocycles. The second-order valence-electron chi connectivity index (χ2n) is 7.22. The molecule has 0 spiro atoms. The number of hydrogen-bond acceptors (Lipinski definition) is 2. The molecule has 2 amide bonds. The van der Waals surface area contributed by atoms with E-state index in [1.54, 1.807) is 4.90 Å². The highest BCUT2D eigenvalue weighted by molar-refractivity contribution is 6.01. The van der Waals surface area contributed by atoms with Crippen molar-refractivity contribution in [2.24, 2.45) is 11.8 Å². The van der Waals surface area contributed by atoms with Gasteiger partial charge in [-0.15, -0.1) is 0 Å². The summed E-state index contributed by atoms with van der Waals surface area (Å²) in [6.45, 7) is 4.25. The van der Waals surface area contributed by atoms with Gasteiger partial charge in [-0.2, -0.15) is 0 Å². The number of amides is 2. The Labute approximate surface area is 143 Å².